The summed E-state index contributed by atoms with van der Waals surface area (Å²) in [5.74, 6) is 1.84. The van der Waals surface area contributed by atoms with Gasteiger partial charge in [-0.15, -0.1) is 0 Å². The first-order valence-electron chi connectivity index (χ1n) is 11.3. The molecule has 0 bridgehead atoms. The van der Waals surface area contributed by atoms with Crippen LogP contribution in [0.4, 0.5) is 16.3 Å². The largest absolute Gasteiger partial charge is 0.495 e. The molecule has 1 aliphatic heterocycles. The molecule has 3 heterocycles. The van der Waals surface area contributed by atoms with Gasteiger partial charge >= 0.3 is 6.03 Å². The van der Waals surface area contributed by atoms with Crippen molar-refractivity contribution in [1.29, 1.82) is 0 Å². The maximum Gasteiger partial charge on any atom is 0.322 e. The van der Waals surface area contributed by atoms with Crippen LogP contribution in [0.2, 0.25) is 10.0 Å². The number of rotatable bonds is 4. The molecule has 0 radical (unpaired) electrons. The van der Waals surface area contributed by atoms with Crippen molar-refractivity contribution in [2.45, 2.75) is 6.42 Å². The number of hydrogen-bond acceptors (Lipinski definition) is 5. The highest BCUT2D eigenvalue weighted by Gasteiger charge is 2.23. The van der Waals surface area contributed by atoms with Gasteiger partial charge in [0.05, 0.1) is 41.5 Å². The highest BCUT2D eigenvalue weighted by atomic mass is 35.5. The zero-order chi connectivity index (χ0) is 24.5. The number of ether oxygens (including phenoxy) is 2. The van der Waals surface area contributed by atoms with Gasteiger partial charge in [0.1, 0.15) is 11.5 Å². The van der Waals surface area contributed by atoms with Crippen LogP contribution in [0.5, 0.6) is 11.5 Å². The van der Waals surface area contributed by atoms with Gasteiger partial charge in [-0.25, -0.2) is 9.78 Å². The van der Waals surface area contributed by atoms with Gasteiger partial charge in [-0.2, -0.15) is 0 Å². The Morgan fingerprint density at radius 2 is 1.80 bits per heavy atom. The molecule has 4 aromatic rings. The Morgan fingerprint density at radius 1 is 0.971 bits per heavy atom. The highest BCUT2D eigenvalue weighted by molar-refractivity contribution is 6.32. The normalized spacial score (nSPS) is 14.3. The van der Waals surface area contributed by atoms with Crippen LogP contribution >= 0.6 is 23.2 Å². The standard InChI is InChI=1S/C25H25Cl2N5O3/c1-34-22-15-23(35-2)19(14-17(22)27)29-25(33)31-9-4-8-30(11-12-31)24-21-5-3-10-32(21)20-7-6-16(26)13-18(20)28-24/h3,5-7,10,13-15H,4,8-9,11-12H2,1-2H3,(H,29,33). The minimum atomic E-state index is -0.211. The molecule has 1 saturated heterocycles. The molecule has 1 fully saturated rings. The fraction of sp³-hybridized carbons (Fsp3) is 0.280. The van der Waals surface area contributed by atoms with Crippen LogP contribution in [0.3, 0.4) is 0 Å². The summed E-state index contributed by atoms with van der Waals surface area (Å²) in [6.07, 6.45) is 2.83. The first kappa shape index (κ1) is 23.4. The van der Waals surface area contributed by atoms with Crippen molar-refractivity contribution in [2.75, 3.05) is 50.6 Å². The van der Waals surface area contributed by atoms with Crippen LogP contribution < -0.4 is 19.7 Å². The third-order valence-corrected chi connectivity index (χ3v) is 6.73. The van der Waals surface area contributed by atoms with Crippen molar-refractivity contribution in [2.24, 2.45) is 0 Å². The Bertz CT molecular complexity index is 1410. The van der Waals surface area contributed by atoms with E-state index >= 15 is 0 Å². The fourth-order valence-electron chi connectivity index (χ4n) is 4.45. The lowest BCUT2D eigenvalue weighted by Gasteiger charge is -2.24. The predicted octanol–water partition coefficient (Wildman–Crippen LogP) is 5.56. The third kappa shape index (κ3) is 4.51. The van der Waals surface area contributed by atoms with Gasteiger partial charge in [0.15, 0.2) is 5.82 Å². The molecular weight excluding hydrogens is 489 g/mol. The van der Waals surface area contributed by atoms with E-state index < -0.39 is 0 Å². The number of carbonyl (C=O) groups is 1. The molecule has 0 saturated carbocycles. The number of hydrogen-bond donors (Lipinski definition) is 1. The molecule has 2 amide bonds. The zero-order valence-electron chi connectivity index (χ0n) is 19.4. The lowest BCUT2D eigenvalue weighted by molar-refractivity contribution is 0.215. The number of amides is 2. The number of fused-ring (bicyclic) bond motifs is 3. The molecule has 1 N–H and O–H groups in total. The number of benzene rings is 2. The molecule has 2 aromatic carbocycles. The van der Waals surface area contributed by atoms with Crippen LogP contribution in [0, 0.1) is 0 Å². The molecule has 10 heteroatoms. The van der Waals surface area contributed by atoms with Crippen LogP contribution in [-0.4, -0.2) is 60.7 Å². The van der Waals surface area contributed by atoms with Crippen molar-refractivity contribution in [3.8, 4) is 11.5 Å². The topological polar surface area (TPSA) is 71.3 Å². The van der Waals surface area contributed by atoms with Crippen LogP contribution in [0.15, 0.2) is 48.7 Å². The maximum atomic E-state index is 13.1. The van der Waals surface area contributed by atoms with Gasteiger partial charge in [-0.1, -0.05) is 23.2 Å². The summed E-state index contributed by atoms with van der Waals surface area (Å²) in [6.45, 7) is 2.58. The number of nitrogens with one attached hydrogen (secondary N) is 1. The molecule has 1 aliphatic rings. The van der Waals surface area contributed by atoms with E-state index in [0.717, 1.165) is 35.3 Å². The van der Waals surface area contributed by atoms with Gasteiger partial charge in [-0.05, 0) is 42.8 Å². The van der Waals surface area contributed by atoms with Crippen LogP contribution in [0.25, 0.3) is 16.6 Å². The number of halogens is 2. The molecule has 182 valence electrons. The van der Waals surface area contributed by atoms with Gasteiger partial charge in [0.25, 0.3) is 0 Å². The maximum absolute atomic E-state index is 13.1. The smallest absolute Gasteiger partial charge is 0.322 e. The Kier molecular flexibility index (Phi) is 6.49. The van der Waals surface area contributed by atoms with Crippen molar-refractivity contribution in [3.63, 3.8) is 0 Å². The van der Waals surface area contributed by atoms with E-state index in [0.29, 0.717) is 46.9 Å². The first-order valence-corrected chi connectivity index (χ1v) is 12.0. The Hall–Kier alpha value is -3.36. The summed E-state index contributed by atoms with van der Waals surface area (Å²) < 4.78 is 12.8. The lowest BCUT2D eigenvalue weighted by Crippen LogP contribution is -2.38. The molecule has 8 nitrogen and oxygen atoms in total. The minimum Gasteiger partial charge on any atom is -0.495 e. The lowest BCUT2D eigenvalue weighted by atomic mass is 10.2. The van der Waals surface area contributed by atoms with Crippen molar-refractivity contribution >= 4 is 57.3 Å². The van der Waals surface area contributed by atoms with E-state index in [9.17, 15) is 4.79 Å². The number of anilines is 2. The SMILES string of the molecule is COc1cc(OC)c(NC(=O)N2CCCN(c3nc4cc(Cl)ccc4n4cccc34)CC2)cc1Cl. The fourth-order valence-corrected chi connectivity index (χ4v) is 4.86. The summed E-state index contributed by atoms with van der Waals surface area (Å²) >= 11 is 12.5. The highest BCUT2D eigenvalue weighted by Crippen LogP contribution is 2.36. The number of aromatic nitrogens is 2. The number of urea groups is 1. The molecule has 0 aliphatic carbocycles. The molecule has 0 atom stereocenters. The summed E-state index contributed by atoms with van der Waals surface area (Å²) in [4.78, 5) is 22.1. The third-order valence-electron chi connectivity index (χ3n) is 6.20. The van der Waals surface area contributed by atoms with E-state index in [4.69, 9.17) is 37.7 Å². The minimum absolute atomic E-state index is 0.211. The van der Waals surface area contributed by atoms with Crippen LogP contribution in [0.1, 0.15) is 6.42 Å². The first-order chi connectivity index (χ1) is 17.0. The summed E-state index contributed by atoms with van der Waals surface area (Å²) in [6, 6.07) is 12.9. The summed E-state index contributed by atoms with van der Waals surface area (Å²) in [7, 11) is 3.07. The molecule has 35 heavy (non-hydrogen) atoms. The average molecular weight is 514 g/mol. The second-order valence-electron chi connectivity index (χ2n) is 8.28. The molecular formula is C25H25Cl2N5O3. The number of nitrogens with zero attached hydrogens (tertiary/aromatic N) is 4. The van der Waals surface area contributed by atoms with E-state index in [-0.39, 0.29) is 6.03 Å². The van der Waals surface area contributed by atoms with Crippen molar-refractivity contribution in [3.05, 3.63) is 58.7 Å². The predicted molar refractivity (Wildman–Crippen MR) is 140 cm³/mol. The second kappa shape index (κ2) is 9.71. The van der Waals surface area contributed by atoms with Crippen molar-refractivity contribution in [1.82, 2.24) is 14.3 Å². The molecule has 0 spiro atoms. The van der Waals surface area contributed by atoms with E-state index in [2.05, 4.69) is 20.7 Å². The number of carbonyl (C=O) groups excluding carboxylic acids is 1. The quantitative estimate of drug-likeness (QED) is 0.387. The van der Waals surface area contributed by atoms with Gasteiger partial charge < -0.3 is 29.0 Å². The van der Waals surface area contributed by atoms with Gasteiger partial charge in [0.2, 0.25) is 0 Å². The van der Waals surface area contributed by atoms with Crippen molar-refractivity contribution < 1.29 is 14.3 Å². The zero-order valence-corrected chi connectivity index (χ0v) is 20.9. The second-order valence-corrected chi connectivity index (χ2v) is 9.12. The van der Waals surface area contributed by atoms with E-state index in [1.807, 2.05) is 30.5 Å². The van der Waals surface area contributed by atoms with E-state index in [1.165, 1.54) is 14.2 Å². The van der Waals surface area contributed by atoms with E-state index in [1.54, 1.807) is 17.0 Å². The Labute approximate surface area is 212 Å². The van der Waals surface area contributed by atoms with Gasteiger partial charge in [-0.3, -0.25) is 0 Å². The number of methoxy groups -OCH3 is 2. The summed E-state index contributed by atoms with van der Waals surface area (Å²) in [5, 5.41) is 3.97. The Morgan fingerprint density at radius 3 is 2.60 bits per heavy atom. The monoisotopic (exact) mass is 513 g/mol. The average Bonchev–Trinajstić information content (AvgIpc) is 3.21. The molecule has 2 aromatic heterocycles. The molecule has 5 rings (SSSR count). The van der Waals surface area contributed by atoms with Crippen LogP contribution in [-0.2, 0) is 0 Å². The summed E-state index contributed by atoms with van der Waals surface area (Å²) in [5.41, 5.74) is 3.35. The Balaban J connectivity index is 1.36. The van der Waals surface area contributed by atoms with Gasteiger partial charge in [0, 0.05) is 43.5 Å². The molecule has 0 unspecified atom stereocenters.